The second-order valence-electron chi connectivity index (χ2n) is 6.19. The van der Waals surface area contributed by atoms with E-state index in [4.69, 9.17) is 9.84 Å². The fourth-order valence-corrected chi connectivity index (χ4v) is 2.33. The summed E-state index contributed by atoms with van der Waals surface area (Å²) in [6.07, 6.45) is -0.730. The Balaban J connectivity index is 2.05. The molecule has 4 nitrogen and oxygen atoms in total. The van der Waals surface area contributed by atoms with Crippen LogP contribution in [-0.4, -0.2) is 17.1 Å². The van der Waals surface area contributed by atoms with Gasteiger partial charge >= 0.3 is 0 Å². The molecule has 0 aliphatic heterocycles. The molecule has 0 aromatic heterocycles. The first-order valence-electron chi connectivity index (χ1n) is 7.76. The van der Waals surface area contributed by atoms with Gasteiger partial charge in [0.1, 0.15) is 11.6 Å². The minimum atomic E-state index is -0.732. The summed E-state index contributed by atoms with van der Waals surface area (Å²) >= 11 is 0. The SMILES string of the molecule is CC(Oc1cccc(CO)c1)C(=O)NC(C)(C)c1cccc(F)c1. The number of aliphatic hydroxyl groups is 1. The molecular weight excluding hydrogens is 309 g/mol. The number of aliphatic hydroxyl groups excluding tert-OH is 1. The van der Waals surface area contributed by atoms with Crippen LogP contribution < -0.4 is 10.1 Å². The van der Waals surface area contributed by atoms with Gasteiger partial charge in [-0.15, -0.1) is 0 Å². The molecule has 5 heteroatoms. The van der Waals surface area contributed by atoms with Gasteiger partial charge in [-0.05, 0) is 56.2 Å². The summed E-state index contributed by atoms with van der Waals surface area (Å²) in [5, 5.41) is 12.0. The smallest absolute Gasteiger partial charge is 0.261 e. The lowest BCUT2D eigenvalue weighted by Crippen LogP contribution is -2.46. The number of hydrogen-bond acceptors (Lipinski definition) is 3. The van der Waals surface area contributed by atoms with Crippen molar-refractivity contribution in [3.05, 3.63) is 65.5 Å². The maximum atomic E-state index is 13.4. The molecule has 0 aliphatic carbocycles. The quantitative estimate of drug-likeness (QED) is 0.855. The number of ether oxygens (including phenoxy) is 1. The first-order chi connectivity index (χ1) is 11.3. The number of hydrogen-bond donors (Lipinski definition) is 2. The van der Waals surface area contributed by atoms with E-state index in [1.165, 1.54) is 12.1 Å². The number of rotatable bonds is 6. The van der Waals surface area contributed by atoms with E-state index in [2.05, 4.69) is 5.32 Å². The Kier molecular flexibility index (Phi) is 5.57. The van der Waals surface area contributed by atoms with Gasteiger partial charge in [-0.2, -0.15) is 0 Å². The van der Waals surface area contributed by atoms with Gasteiger partial charge in [0.25, 0.3) is 5.91 Å². The van der Waals surface area contributed by atoms with Crippen LogP contribution in [0.25, 0.3) is 0 Å². The van der Waals surface area contributed by atoms with Crippen molar-refractivity contribution in [2.75, 3.05) is 0 Å². The molecule has 1 atom stereocenters. The second kappa shape index (κ2) is 7.45. The number of amides is 1. The van der Waals surface area contributed by atoms with Gasteiger partial charge in [0.15, 0.2) is 6.10 Å². The summed E-state index contributed by atoms with van der Waals surface area (Å²) in [4.78, 5) is 12.4. The lowest BCUT2D eigenvalue weighted by atomic mass is 9.94. The molecule has 0 saturated heterocycles. The standard InChI is InChI=1S/C19H22FNO3/c1-13(24-17-9-4-6-14(10-17)12-22)18(23)21-19(2,3)15-7-5-8-16(20)11-15/h4-11,13,22H,12H2,1-3H3,(H,21,23). The van der Waals surface area contributed by atoms with Gasteiger partial charge in [0.2, 0.25) is 0 Å². The van der Waals surface area contributed by atoms with Crippen molar-refractivity contribution < 1.29 is 19.0 Å². The van der Waals surface area contributed by atoms with Crippen LogP contribution >= 0.6 is 0 Å². The van der Waals surface area contributed by atoms with Crippen molar-refractivity contribution in [3.8, 4) is 5.75 Å². The minimum absolute atomic E-state index is 0.0929. The highest BCUT2D eigenvalue weighted by atomic mass is 19.1. The highest BCUT2D eigenvalue weighted by molar-refractivity contribution is 5.81. The molecular formula is C19H22FNO3. The van der Waals surface area contributed by atoms with Gasteiger partial charge in [-0.25, -0.2) is 4.39 Å². The van der Waals surface area contributed by atoms with Crippen LogP contribution in [-0.2, 0) is 16.9 Å². The van der Waals surface area contributed by atoms with Gasteiger partial charge in [-0.3, -0.25) is 4.79 Å². The Morgan fingerprint density at radius 2 is 1.96 bits per heavy atom. The summed E-state index contributed by atoms with van der Waals surface area (Å²) in [5.41, 5.74) is 0.648. The van der Waals surface area contributed by atoms with Crippen LogP contribution in [0.15, 0.2) is 48.5 Å². The van der Waals surface area contributed by atoms with E-state index in [-0.39, 0.29) is 18.3 Å². The normalized spacial score (nSPS) is 12.5. The molecule has 2 N–H and O–H groups in total. The predicted octanol–water partition coefficient (Wildman–Crippen LogP) is 3.14. The summed E-state index contributed by atoms with van der Waals surface area (Å²) in [6.45, 7) is 5.16. The summed E-state index contributed by atoms with van der Waals surface area (Å²) < 4.78 is 19.0. The number of benzene rings is 2. The number of carbonyl (C=O) groups is 1. The molecule has 2 aromatic rings. The van der Waals surface area contributed by atoms with Crippen LogP contribution in [0, 0.1) is 5.82 Å². The first kappa shape index (κ1) is 17.9. The third-order valence-corrected chi connectivity index (χ3v) is 3.75. The third-order valence-electron chi connectivity index (χ3n) is 3.75. The maximum absolute atomic E-state index is 13.4. The number of halogens is 1. The van der Waals surface area contributed by atoms with E-state index in [0.29, 0.717) is 16.9 Å². The lowest BCUT2D eigenvalue weighted by Gasteiger charge is -2.28. The molecule has 0 fully saturated rings. The summed E-state index contributed by atoms with van der Waals surface area (Å²) in [7, 11) is 0. The molecule has 24 heavy (non-hydrogen) atoms. The molecule has 2 rings (SSSR count). The minimum Gasteiger partial charge on any atom is -0.481 e. The monoisotopic (exact) mass is 331 g/mol. The van der Waals surface area contributed by atoms with Crippen molar-refractivity contribution in [1.29, 1.82) is 0 Å². The van der Waals surface area contributed by atoms with E-state index in [1.54, 1.807) is 57.2 Å². The Morgan fingerprint density at radius 1 is 1.25 bits per heavy atom. The van der Waals surface area contributed by atoms with Crippen LogP contribution in [0.3, 0.4) is 0 Å². The molecule has 128 valence electrons. The van der Waals surface area contributed by atoms with Crippen LogP contribution in [0.2, 0.25) is 0 Å². The average Bonchev–Trinajstić information content (AvgIpc) is 2.54. The van der Waals surface area contributed by atoms with Crippen LogP contribution in [0.5, 0.6) is 5.75 Å². The maximum Gasteiger partial charge on any atom is 0.261 e. The summed E-state index contributed by atoms with van der Waals surface area (Å²) in [5.74, 6) is -0.147. The average molecular weight is 331 g/mol. The van der Waals surface area contributed by atoms with Crippen molar-refractivity contribution in [1.82, 2.24) is 5.32 Å². The van der Waals surface area contributed by atoms with Crippen LogP contribution in [0.4, 0.5) is 4.39 Å². The topological polar surface area (TPSA) is 58.6 Å². The highest BCUT2D eigenvalue weighted by Gasteiger charge is 2.26. The zero-order valence-electron chi connectivity index (χ0n) is 14.0. The van der Waals surface area contributed by atoms with E-state index >= 15 is 0 Å². The lowest BCUT2D eigenvalue weighted by molar-refractivity contribution is -0.129. The Morgan fingerprint density at radius 3 is 2.62 bits per heavy atom. The van der Waals surface area contributed by atoms with Crippen molar-refractivity contribution in [2.45, 2.75) is 39.0 Å². The van der Waals surface area contributed by atoms with Crippen LogP contribution in [0.1, 0.15) is 31.9 Å². The van der Waals surface area contributed by atoms with Crippen molar-refractivity contribution in [2.24, 2.45) is 0 Å². The largest absolute Gasteiger partial charge is 0.481 e. The zero-order chi connectivity index (χ0) is 17.7. The molecule has 0 aliphatic rings. The number of nitrogens with one attached hydrogen (secondary N) is 1. The first-order valence-corrected chi connectivity index (χ1v) is 7.76. The Labute approximate surface area is 141 Å². The van der Waals surface area contributed by atoms with E-state index in [9.17, 15) is 9.18 Å². The van der Waals surface area contributed by atoms with Gasteiger partial charge in [-0.1, -0.05) is 24.3 Å². The van der Waals surface area contributed by atoms with E-state index in [0.717, 1.165) is 0 Å². The second-order valence-corrected chi connectivity index (χ2v) is 6.19. The fraction of sp³-hybridized carbons (Fsp3) is 0.316. The van der Waals surface area contributed by atoms with Crippen molar-refractivity contribution >= 4 is 5.91 Å². The molecule has 0 radical (unpaired) electrons. The zero-order valence-corrected chi connectivity index (χ0v) is 14.0. The molecule has 0 spiro atoms. The molecule has 0 saturated carbocycles. The molecule has 0 bridgehead atoms. The molecule has 1 unspecified atom stereocenters. The Hall–Kier alpha value is -2.40. The Bertz CT molecular complexity index is 715. The third kappa shape index (κ3) is 4.55. The van der Waals surface area contributed by atoms with Crippen molar-refractivity contribution in [3.63, 3.8) is 0 Å². The van der Waals surface area contributed by atoms with E-state index < -0.39 is 11.6 Å². The predicted molar refractivity (Wildman–Crippen MR) is 90.0 cm³/mol. The molecule has 1 amide bonds. The van der Waals surface area contributed by atoms with Gasteiger partial charge in [0, 0.05) is 0 Å². The fourth-order valence-electron chi connectivity index (χ4n) is 2.33. The molecule has 2 aromatic carbocycles. The van der Waals surface area contributed by atoms with E-state index in [1.807, 2.05) is 0 Å². The van der Waals surface area contributed by atoms with Gasteiger partial charge < -0.3 is 15.2 Å². The summed E-state index contributed by atoms with van der Waals surface area (Å²) in [6, 6.07) is 13.1. The number of carbonyl (C=O) groups excluding carboxylic acids is 1. The van der Waals surface area contributed by atoms with Gasteiger partial charge in [0.05, 0.1) is 12.1 Å². The highest BCUT2D eigenvalue weighted by Crippen LogP contribution is 2.21. The molecule has 0 heterocycles.